The van der Waals surface area contributed by atoms with Crippen LogP contribution in [0.1, 0.15) is 11.1 Å². The van der Waals surface area contributed by atoms with E-state index in [2.05, 4.69) is 4.98 Å². The minimum Gasteiger partial charge on any atom is -0.305 e. The molecule has 3 nitrogen and oxygen atoms in total. The lowest BCUT2D eigenvalue weighted by Crippen LogP contribution is -2.17. The van der Waals surface area contributed by atoms with Gasteiger partial charge in [-0.05, 0) is 24.6 Å². The molecule has 1 heterocycles. The van der Waals surface area contributed by atoms with Gasteiger partial charge in [0.05, 0.1) is 12.1 Å². The predicted octanol–water partition coefficient (Wildman–Crippen LogP) is 2.96. The van der Waals surface area contributed by atoms with E-state index in [0.717, 1.165) is 17.2 Å². The number of nitrogens with zero attached hydrogens (tertiary/aromatic N) is 1. The third-order valence-electron chi connectivity index (χ3n) is 3.29. The van der Waals surface area contributed by atoms with Crippen molar-refractivity contribution in [1.29, 1.82) is 0 Å². The summed E-state index contributed by atoms with van der Waals surface area (Å²) in [6.45, 7) is 2.15. The highest BCUT2D eigenvalue weighted by molar-refractivity contribution is 5.76. The average Bonchev–Trinajstić information content (AvgIpc) is 2.74. The molecule has 0 aliphatic carbocycles. The third kappa shape index (κ3) is 2.01. The van der Waals surface area contributed by atoms with Gasteiger partial charge in [-0.2, -0.15) is 0 Å². The minimum absolute atomic E-state index is 0.0319. The Balaban J connectivity index is 2.16. The average molecular weight is 274 g/mol. The van der Waals surface area contributed by atoms with Crippen molar-refractivity contribution < 1.29 is 8.78 Å². The van der Waals surface area contributed by atoms with Gasteiger partial charge in [0.2, 0.25) is 0 Å². The van der Waals surface area contributed by atoms with E-state index in [1.807, 2.05) is 31.2 Å². The molecule has 5 heteroatoms. The molecule has 3 aromatic rings. The quantitative estimate of drug-likeness (QED) is 0.766. The molecule has 0 saturated carbocycles. The van der Waals surface area contributed by atoms with E-state index >= 15 is 0 Å². The maximum Gasteiger partial charge on any atom is 0.326 e. The number of imidazole rings is 1. The van der Waals surface area contributed by atoms with E-state index in [0.29, 0.717) is 5.52 Å². The standard InChI is InChI=1S/C15H12F2N2O/c1-9-2-4-10(5-3-9)8-19-14-12(18-15(19)20)7-6-11(16)13(14)17/h2-7H,8H2,1H3,(H,18,20). The highest BCUT2D eigenvalue weighted by atomic mass is 19.2. The summed E-state index contributed by atoms with van der Waals surface area (Å²) in [7, 11) is 0. The smallest absolute Gasteiger partial charge is 0.305 e. The van der Waals surface area contributed by atoms with Crippen LogP contribution in [0.2, 0.25) is 0 Å². The zero-order chi connectivity index (χ0) is 14.3. The largest absolute Gasteiger partial charge is 0.326 e. The number of halogens is 2. The van der Waals surface area contributed by atoms with Crippen LogP contribution in [0.25, 0.3) is 11.0 Å². The molecular weight excluding hydrogens is 262 g/mol. The first kappa shape index (κ1) is 12.6. The molecule has 1 N–H and O–H groups in total. The highest BCUT2D eigenvalue weighted by Gasteiger charge is 2.15. The zero-order valence-corrected chi connectivity index (χ0v) is 10.8. The summed E-state index contributed by atoms with van der Waals surface area (Å²) in [5.41, 5.74) is 1.75. The Labute approximate surface area is 113 Å². The normalized spacial score (nSPS) is 11.2. The summed E-state index contributed by atoms with van der Waals surface area (Å²) in [6.07, 6.45) is 0. The lowest BCUT2D eigenvalue weighted by molar-refractivity contribution is 0.512. The van der Waals surface area contributed by atoms with Gasteiger partial charge in [-0.1, -0.05) is 29.8 Å². The summed E-state index contributed by atoms with van der Waals surface area (Å²) in [6, 6.07) is 9.90. The molecule has 0 atom stereocenters. The molecule has 2 aromatic carbocycles. The number of rotatable bonds is 2. The minimum atomic E-state index is -1.01. The van der Waals surface area contributed by atoms with Crippen LogP contribution < -0.4 is 5.69 Å². The van der Waals surface area contributed by atoms with Crippen molar-refractivity contribution in [3.05, 3.63) is 69.6 Å². The molecule has 0 fully saturated rings. The first-order chi connectivity index (χ1) is 9.56. The van der Waals surface area contributed by atoms with Gasteiger partial charge in [0.1, 0.15) is 5.52 Å². The fourth-order valence-electron chi connectivity index (χ4n) is 2.22. The van der Waals surface area contributed by atoms with Gasteiger partial charge in [0.25, 0.3) is 0 Å². The SMILES string of the molecule is Cc1ccc(Cn2c(=O)[nH]c3ccc(F)c(F)c32)cc1. The van der Waals surface area contributed by atoms with E-state index in [9.17, 15) is 13.6 Å². The number of nitrogens with one attached hydrogen (secondary N) is 1. The van der Waals surface area contributed by atoms with Crippen molar-refractivity contribution in [2.75, 3.05) is 0 Å². The molecule has 0 radical (unpaired) electrons. The number of H-pyrrole nitrogens is 1. The molecule has 0 unspecified atom stereocenters. The van der Waals surface area contributed by atoms with Gasteiger partial charge < -0.3 is 4.98 Å². The van der Waals surface area contributed by atoms with E-state index in [1.165, 1.54) is 10.6 Å². The van der Waals surface area contributed by atoms with Gasteiger partial charge >= 0.3 is 5.69 Å². The Morgan fingerprint density at radius 3 is 2.50 bits per heavy atom. The second kappa shape index (κ2) is 4.59. The number of benzene rings is 2. The topological polar surface area (TPSA) is 37.8 Å². The van der Waals surface area contributed by atoms with Gasteiger partial charge in [-0.15, -0.1) is 0 Å². The summed E-state index contributed by atoms with van der Waals surface area (Å²) in [4.78, 5) is 14.4. The molecule has 3 rings (SSSR count). The van der Waals surface area contributed by atoms with E-state index in [1.54, 1.807) is 0 Å². The Bertz CT molecular complexity index is 831. The molecule has 0 aliphatic rings. The maximum absolute atomic E-state index is 13.9. The fraction of sp³-hybridized carbons (Fsp3) is 0.133. The highest BCUT2D eigenvalue weighted by Crippen LogP contribution is 2.18. The molecular formula is C15H12F2N2O. The number of aromatic amines is 1. The van der Waals surface area contributed by atoms with Gasteiger partial charge in [-0.3, -0.25) is 4.57 Å². The summed E-state index contributed by atoms with van der Waals surface area (Å²) >= 11 is 0. The first-order valence-electron chi connectivity index (χ1n) is 6.18. The first-order valence-corrected chi connectivity index (χ1v) is 6.18. The van der Waals surface area contributed by atoms with Crippen LogP contribution in [0.3, 0.4) is 0 Å². The molecule has 0 amide bonds. The van der Waals surface area contributed by atoms with Gasteiger partial charge in [-0.25, -0.2) is 13.6 Å². The lowest BCUT2D eigenvalue weighted by Gasteiger charge is -2.05. The number of hydrogen-bond donors (Lipinski definition) is 1. The van der Waals surface area contributed by atoms with Gasteiger partial charge in [0, 0.05) is 0 Å². The number of fused-ring (bicyclic) bond motifs is 1. The van der Waals surface area contributed by atoms with Crippen molar-refractivity contribution in [3.63, 3.8) is 0 Å². The second-order valence-electron chi connectivity index (χ2n) is 4.76. The molecule has 0 saturated heterocycles. The number of aryl methyl sites for hydroxylation is 1. The Kier molecular flexibility index (Phi) is 2.89. The van der Waals surface area contributed by atoms with Crippen LogP contribution in [0.5, 0.6) is 0 Å². The molecule has 0 bridgehead atoms. The third-order valence-corrected chi connectivity index (χ3v) is 3.29. The Morgan fingerprint density at radius 1 is 1.10 bits per heavy atom. The number of aromatic nitrogens is 2. The summed E-state index contributed by atoms with van der Waals surface area (Å²) in [5, 5.41) is 0. The molecule has 20 heavy (non-hydrogen) atoms. The fourth-order valence-corrected chi connectivity index (χ4v) is 2.22. The van der Waals surface area contributed by atoms with Crippen molar-refractivity contribution in [2.24, 2.45) is 0 Å². The Hall–Kier alpha value is -2.43. The van der Waals surface area contributed by atoms with Crippen molar-refractivity contribution in [3.8, 4) is 0 Å². The van der Waals surface area contributed by atoms with Crippen molar-refractivity contribution in [2.45, 2.75) is 13.5 Å². The molecule has 1 aromatic heterocycles. The number of hydrogen-bond acceptors (Lipinski definition) is 1. The van der Waals surface area contributed by atoms with Crippen molar-refractivity contribution >= 4 is 11.0 Å². The van der Waals surface area contributed by atoms with E-state index in [4.69, 9.17) is 0 Å². The molecule has 102 valence electrons. The molecule has 0 aliphatic heterocycles. The second-order valence-corrected chi connectivity index (χ2v) is 4.76. The van der Waals surface area contributed by atoms with Crippen LogP contribution in [-0.2, 0) is 6.54 Å². The van der Waals surface area contributed by atoms with Crippen LogP contribution >= 0.6 is 0 Å². The van der Waals surface area contributed by atoms with Gasteiger partial charge in [0.15, 0.2) is 11.6 Å². The van der Waals surface area contributed by atoms with Crippen LogP contribution in [-0.4, -0.2) is 9.55 Å². The summed E-state index contributed by atoms with van der Waals surface area (Å²) < 4.78 is 28.4. The zero-order valence-electron chi connectivity index (χ0n) is 10.8. The van der Waals surface area contributed by atoms with Crippen molar-refractivity contribution in [1.82, 2.24) is 9.55 Å². The van der Waals surface area contributed by atoms with E-state index in [-0.39, 0.29) is 12.1 Å². The van der Waals surface area contributed by atoms with Crippen LogP contribution in [0.15, 0.2) is 41.2 Å². The predicted molar refractivity (Wildman–Crippen MR) is 72.8 cm³/mol. The monoisotopic (exact) mass is 274 g/mol. The lowest BCUT2D eigenvalue weighted by atomic mass is 10.1. The maximum atomic E-state index is 13.9. The van der Waals surface area contributed by atoms with E-state index < -0.39 is 17.3 Å². The molecule has 0 spiro atoms. The van der Waals surface area contributed by atoms with Crippen LogP contribution in [0.4, 0.5) is 8.78 Å². The Morgan fingerprint density at radius 2 is 1.80 bits per heavy atom. The van der Waals surface area contributed by atoms with Crippen LogP contribution in [0, 0.1) is 18.6 Å². The summed E-state index contributed by atoms with van der Waals surface area (Å²) in [5.74, 6) is -1.97.